The van der Waals surface area contributed by atoms with Crippen molar-refractivity contribution < 1.29 is 20.9 Å². The maximum atomic E-state index is 10.3. The minimum absolute atomic E-state index is 0.0333. The quantitative estimate of drug-likeness (QED) is 0.152. The van der Waals surface area contributed by atoms with Gasteiger partial charge in [-0.1, -0.05) is 91.0 Å². The monoisotopic (exact) mass is 953 g/mol. The summed E-state index contributed by atoms with van der Waals surface area (Å²) in [6.07, 6.45) is -2.94. The number of fused-ring (bicyclic) bond motifs is 1. The molecule has 34 rings (SSSR count). The van der Waals surface area contributed by atoms with Crippen LogP contribution in [0.2, 0.25) is 0 Å². The van der Waals surface area contributed by atoms with E-state index in [9.17, 15) is 16.4 Å². The molecule has 9 aromatic rings. The number of hydrogen-bond acceptors (Lipinski definition) is 5. The second-order valence-electron chi connectivity index (χ2n) is 21.9. The first-order valence-electron chi connectivity index (χ1n) is 31.8. The smallest absolute Gasteiger partial charge is 0.227 e. The van der Waals surface area contributed by atoms with Gasteiger partial charge in [0.1, 0.15) is 5.58 Å². The summed E-state index contributed by atoms with van der Waals surface area (Å²) in [5, 5.41) is 0.752. The van der Waals surface area contributed by atoms with Crippen LogP contribution >= 0.6 is 0 Å². The Hall–Kier alpha value is -6.72. The van der Waals surface area contributed by atoms with Crippen molar-refractivity contribution in [1.82, 2.24) is 19.9 Å². The van der Waals surface area contributed by atoms with Gasteiger partial charge in [0, 0.05) is 68.2 Å². The van der Waals surface area contributed by atoms with Gasteiger partial charge in [-0.2, -0.15) is 0 Å². The van der Waals surface area contributed by atoms with Crippen LogP contribution < -0.4 is 0 Å². The fraction of sp³-hybridized carbons (Fsp3) is 0.343. The van der Waals surface area contributed by atoms with Gasteiger partial charge < -0.3 is 4.42 Å². The second-order valence-corrected chi connectivity index (χ2v) is 21.9. The van der Waals surface area contributed by atoms with Crippen LogP contribution in [0.5, 0.6) is 0 Å². The topological polar surface area (TPSA) is 64.7 Å². The predicted molar refractivity (Wildman–Crippen MR) is 291 cm³/mol. The molecule has 358 valence electrons. The molecule has 4 atom stereocenters. The van der Waals surface area contributed by atoms with E-state index in [-0.39, 0.29) is 57.7 Å². The molecule has 0 N–H and O–H groups in total. The molecule has 17 heterocycles. The molecule has 4 fully saturated rings. The van der Waals surface area contributed by atoms with Gasteiger partial charge in [-0.05, 0) is 231 Å². The number of benzene rings is 4. The van der Waals surface area contributed by atoms with Crippen molar-refractivity contribution in [2.24, 2.45) is 22.2 Å². The number of pyridine rings is 4. The Kier molecular flexibility index (Phi) is 8.04. The van der Waals surface area contributed by atoms with Gasteiger partial charge in [0.2, 0.25) is 5.71 Å². The first kappa shape index (κ1) is 33.1. The molecule has 5 heteroatoms. The van der Waals surface area contributed by atoms with Crippen molar-refractivity contribution in [3.8, 4) is 33.8 Å². The third-order valence-corrected chi connectivity index (χ3v) is 16.7. The number of furan rings is 1. The number of hydrogen-bond donors (Lipinski definition) is 0. The Balaban J connectivity index is 0.988. The van der Waals surface area contributed by atoms with Crippen LogP contribution in [0, 0.1) is 29.1 Å². The van der Waals surface area contributed by atoms with Crippen LogP contribution in [-0.4, -0.2) is 19.9 Å². The van der Waals surface area contributed by atoms with E-state index in [2.05, 4.69) is 6.07 Å². The van der Waals surface area contributed by atoms with Crippen LogP contribution in [0.4, 0.5) is 0 Å². The summed E-state index contributed by atoms with van der Waals surface area (Å²) in [7, 11) is 0. The fourth-order valence-electron chi connectivity index (χ4n) is 13.7. The fourth-order valence-corrected chi connectivity index (χ4v) is 13.7. The molecule has 19 bridgehead atoms. The second kappa shape index (κ2) is 17.5. The van der Waals surface area contributed by atoms with Crippen molar-refractivity contribution in [3.05, 3.63) is 202 Å². The minimum Gasteiger partial charge on any atom is -0.437 e. The van der Waals surface area contributed by atoms with Gasteiger partial charge in [-0.15, -0.1) is 0 Å². The highest BCUT2D eigenvalue weighted by atomic mass is 16.3. The van der Waals surface area contributed by atoms with Crippen LogP contribution in [0.25, 0.3) is 55.8 Å². The largest absolute Gasteiger partial charge is 0.437 e. The van der Waals surface area contributed by atoms with Crippen molar-refractivity contribution in [2.75, 3.05) is 0 Å². The van der Waals surface area contributed by atoms with Crippen LogP contribution in [0.15, 0.2) is 150 Å². The summed E-state index contributed by atoms with van der Waals surface area (Å²) >= 11 is 0. The van der Waals surface area contributed by atoms with Crippen molar-refractivity contribution in [1.29, 1.82) is 0 Å². The molecule has 0 saturated heterocycles. The third kappa shape index (κ3) is 8.37. The number of aromatic nitrogens is 4. The van der Waals surface area contributed by atoms with Gasteiger partial charge in [0.15, 0.2) is 0 Å². The minimum atomic E-state index is -2.87. The molecular weight excluding hydrogens is 877 g/mol. The molecule has 4 unspecified atom stereocenters. The molecule has 72 heavy (non-hydrogen) atoms. The Bertz CT molecular complexity index is 4070. The zero-order valence-corrected chi connectivity index (χ0v) is 40.6. The highest BCUT2D eigenvalue weighted by Crippen LogP contribution is 2.73. The van der Waals surface area contributed by atoms with Crippen LogP contribution in [0.3, 0.4) is 0 Å². The summed E-state index contributed by atoms with van der Waals surface area (Å²) in [6.45, 7) is 1.82. The highest BCUT2D eigenvalue weighted by molar-refractivity contribution is 6.10. The maximum absolute atomic E-state index is 10.3. The summed E-state index contributed by atoms with van der Waals surface area (Å²) in [5.41, 5.74) is 6.63. The number of nitrogens with zero attached hydrogens (tertiary/aromatic N) is 4. The zero-order valence-electron chi connectivity index (χ0n) is 52.6. The molecule has 3 spiro atoms. The Labute approximate surface area is 441 Å². The van der Waals surface area contributed by atoms with Gasteiger partial charge in [-0.25, -0.2) is 4.98 Å². The van der Waals surface area contributed by atoms with Crippen LogP contribution in [0.1, 0.15) is 130 Å². The Morgan fingerprint density at radius 2 is 1.03 bits per heavy atom. The normalized spacial score (nSPS) is 30.4. The SMILES string of the molecule is [2H]C1([2H])Cc2ccc(nc2)-c2ccc(cc2)C([2H])([2H])C([2H])([2H])c2cc3cc(c2)C([2H])([2H])C([2H])([2H])c2ccc(c4oc5nc(C)ccc5c24)-c2ccc(cn2)CC([2H])([2H])C24CC5CC(CCc6ccc(nc6)-c6ccc(cc6)CC3)(CC1(C5)C2)C4. The summed E-state index contributed by atoms with van der Waals surface area (Å²) < 4.78 is 126. The van der Waals surface area contributed by atoms with Crippen molar-refractivity contribution >= 4 is 22.1 Å². The standard InChI is InChI=1S/C67H64N4O/c1-44-2-21-58-62-56-19-11-52-33-50-5-3-45-7-15-54(16-8-45)59-23-12-47(38-68-59)26-29-65-35-53-36-66(41-65,30-27-48-13-24-60(69-39-48)55-17-9-46(10-18-55)4-6-51(32-50)34-52)43-67(37-53,42-65)31-28-49-14-25-61(70-40-49)57(22-20-56)63(62)72-64(58)71-44/h2,7-10,12-18,20-25,32-34,38-40,53H,3-6,11,19,26-31,35-37,41-43H2,1H3/i3D2,5D2,11D2,19D2,29D2,31D2. The molecular formula is C67H64N4O. The first-order valence-corrected chi connectivity index (χ1v) is 25.8. The number of rotatable bonds is 0. The molecule has 0 radical (unpaired) electrons. The lowest BCUT2D eigenvalue weighted by Gasteiger charge is -2.67. The molecule has 5 aromatic heterocycles. The van der Waals surface area contributed by atoms with E-state index < -0.39 is 49.1 Å². The lowest BCUT2D eigenvalue weighted by atomic mass is 9.37. The predicted octanol–water partition coefficient (Wildman–Crippen LogP) is 15.6. The Morgan fingerprint density at radius 3 is 1.68 bits per heavy atom. The van der Waals surface area contributed by atoms with E-state index in [1.54, 1.807) is 60.9 Å². The third-order valence-electron chi connectivity index (χ3n) is 16.7. The highest BCUT2D eigenvalue weighted by Gasteiger charge is 2.62. The Morgan fingerprint density at radius 1 is 0.486 bits per heavy atom. The number of aryl methyl sites for hydroxylation is 10. The molecule has 5 nitrogen and oxygen atoms in total. The molecule has 25 aliphatic rings. The van der Waals surface area contributed by atoms with Crippen LogP contribution in [-0.2, 0) is 57.6 Å². The molecule has 12 aliphatic heterocycles. The molecule has 13 aliphatic carbocycles. The summed E-state index contributed by atoms with van der Waals surface area (Å²) in [6, 6.07) is 37.3. The van der Waals surface area contributed by atoms with E-state index >= 15 is 0 Å². The van der Waals surface area contributed by atoms with Crippen molar-refractivity contribution in [3.63, 3.8) is 0 Å². The van der Waals surface area contributed by atoms with Gasteiger partial charge in [0.05, 0.1) is 17.1 Å². The summed E-state index contributed by atoms with van der Waals surface area (Å²) in [4.78, 5) is 19.4. The van der Waals surface area contributed by atoms with E-state index in [1.165, 1.54) is 18.2 Å². The lowest BCUT2D eigenvalue weighted by molar-refractivity contribution is -0.166. The van der Waals surface area contributed by atoms with Gasteiger partial charge in [0.25, 0.3) is 0 Å². The molecule has 0 amide bonds. The van der Waals surface area contributed by atoms with E-state index in [1.807, 2.05) is 67.7 Å². The van der Waals surface area contributed by atoms with E-state index in [4.69, 9.17) is 24.4 Å². The molecule has 4 aromatic carbocycles. The van der Waals surface area contributed by atoms with Crippen molar-refractivity contribution in [2.45, 2.75) is 122 Å². The zero-order chi connectivity index (χ0) is 58.6. The lowest BCUT2D eigenvalue weighted by Crippen LogP contribution is -2.57. The first-order chi connectivity index (χ1) is 39.8. The average molecular weight is 953 g/mol. The molecule has 4 saturated carbocycles. The van der Waals surface area contributed by atoms with E-state index in [0.29, 0.717) is 95.1 Å². The summed E-state index contributed by atoms with van der Waals surface area (Å²) in [5.74, 6) is 0.124. The maximum Gasteiger partial charge on any atom is 0.227 e. The van der Waals surface area contributed by atoms with E-state index in [0.717, 1.165) is 47.2 Å². The van der Waals surface area contributed by atoms with Gasteiger partial charge >= 0.3 is 0 Å². The average Bonchev–Trinajstić information content (AvgIpc) is 0.796. The van der Waals surface area contributed by atoms with Gasteiger partial charge in [-0.3, -0.25) is 15.0 Å².